The second kappa shape index (κ2) is 12.0. The van der Waals surface area contributed by atoms with E-state index in [1.165, 1.54) is 23.8 Å². The third kappa shape index (κ3) is 5.71. The van der Waals surface area contributed by atoms with Gasteiger partial charge in [0.05, 0.1) is 24.7 Å². The summed E-state index contributed by atoms with van der Waals surface area (Å²) >= 11 is 0. The highest BCUT2D eigenvalue weighted by Crippen LogP contribution is 2.39. The van der Waals surface area contributed by atoms with Crippen LogP contribution in [0, 0.1) is 5.82 Å². The van der Waals surface area contributed by atoms with Gasteiger partial charge in [0.1, 0.15) is 10.7 Å². The molecule has 1 fully saturated rings. The number of carbonyl (C=O) groups excluding carboxylic acids is 1. The number of fused-ring (bicyclic) bond motifs is 1. The number of nitrogen functional groups attached to an aromatic ring is 2. The Morgan fingerprint density at radius 1 is 1.11 bits per heavy atom. The number of anilines is 2. The van der Waals surface area contributed by atoms with Gasteiger partial charge in [0.2, 0.25) is 11.8 Å². The van der Waals surface area contributed by atoms with E-state index < -0.39 is 15.7 Å². The Labute approximate surface area is 263 Å². The average Bonchev–Trinajstić information content (AvgIpc) is 3.58. The first-order chi connectivity index (χ1) is 22.0. The first-order valence-electron chi connectivity index (χ1n) is 14.6. The minimum atomic E-state index is -3.83. The van der Waals surface area contributed by atoms with Gasteiger partial charge in [-0.25, -0.2) is 17.8 Å². The van der Waals surface area contributed by atoms with Crippen molar-refractivity contribution in [2.45, 2.75) is 49.0 Å². The van der Waals surface area contributed by atoms with Gasteiger partial charge >= 0.3 is 0 Å². The fourth-order valence-corrected chi connectivity index (χ4v) is 7.12. The number of hydrogen-bond donors (Lipinski definition) is 3. The quantitative estimate of drug-likeness (QED) is 0.218. The third-order valence-corrected chi connectivity index (χ3v) is 9.57. The molecule has 0 aliphatic heterocycles. The van der Waals surface area contributed by atoms with Crippen LogP contribution in [-0.2, 0) is 9.84 Å². The highest BCUT2D eigenvalue weighted by atomic mass is 32.2. The van der Waals surface area contributed by atoms with E-state index in [0.29, 0.717) is 53.0 Å². The number of aromatic nitrogens is 7. The molecule has 4 heterocycles. The number of sulfone groups is 1. The summed E-state index contributed by atoms with van der Waals surface area (Å²) in [5.41, 5.74) is 15.2. The maximum atomic E-state index is 14.3. The lowest BCUT2D eigenvalue weighted by molar-refractivity contribution is 0.0701. The smallest absolute Gasteiger partial charge is 0.291 e. The van der Waals surface area contributed by atoms with Gasteiger partial charge in [-0.1, -0.05) is 18.9 Å². The SMILES string of the molecule is COc1ccc(-c2ccc(-c3cnn4c(N)c(S(C)(=O)=O)c([C@H]5CCCC[C@@H](N(C)C(=O)c6nc(N)n[nH]6)C5)nc34)cn2)cc1F. The van der Waals surface area contributed by atoms with E-state index >= 15 is 0 Å². The fraction of sp³-hybridized carbons (Fsp3) is 0.333. The molecule has 0 unspecified atom stereocenters. The van der Waals surface area contributed by atoms with Crippen LogP contribution >= 0.6 is 0 Å². The van der Waals surface area contributed by atoms with Crippen molar-refractivity contribution >= 4 is 33.2 Å². The van der Waals surface area contributed by atoms with E-state index in [-0.39, 0.29) is 46.1 Å². The second-order valence-corrected chi connectivity index (χ2v) is 13.3. The van der Waals surface area contributed by atoms with Crippen LogP contribution in [-0.4, -0.2) is 80.4 Å². The molecule has 0 spiro atoms. The van der Waals surface area contributed by atoms with Crippen molar-refractivity contribution in [3.63, 3.8) is 0 Å². The Morgan fingerprint density at radius 2 is 1.87 bits per heavy atom. The number of rotatable bonds is 7. The van der Waals surface area contributed by atoms with Crippen molar-refractivity contribution < 1.29 is 22.3 Å². The first kappa shape index (κ1) is 30.9. The van der Waals surface area contributed by atoms with Gasteiger partial charge in [-0.15, -0.1) is 5.10 Å². The Kier molecular flexibility index (Phi) is 8.06. The van der Waals surface area contributed by atoms with Crippen LogP contribution in [0.2, 0.25) is 0 Å². The van der Waals surface area contributed by atoms with Gasteiger partial charge in [-0.3, -0.25) is 14.9 Å². The summed E-state index contributed by atoms with van der Waals surface area (Å²) in [5.74, 6) is -1.10. The Balaban J connectivity index is 1.38. The molecule has 14 nitrogen and oxygen atoms in total. The molecule has 1 aliphatic rings. The average molecular weight is 649 g/mol. The number of benzene rings is 1. The van der Waals surface area contributed by atoms with Crippen LogP contribution in [0.5, 0.6) is 5.75 Å². The molecule has 0 bridgehead atoms. The summed E-state index contributed by atoms with van der Waals surface area (Å²) < 4.78 is 47.0. The summed E-state index contributed by atoms with van der Waals surface area (Å²) in [6, 6.07) is 7.93. The number of hydrogen-bond acceptors (Lipinski definition) is 11. The highest BCUT2D eigenvalue weighted by molar-refractivity contribution is 7.91. The normalized spacial score (nSPS) is 17.1. The highest BCUT2D eigenvalue weighted by Gasteiger charge is 2.34. The lowest BCUT2D eigenvalue weighted by Gasteiger charge is -2.29. The minimum absolute atomic E-state index is 0.0297. The molecule has 240 valence electrons. The minimum Gasteiger partial charge on any atom is -0.494 e. The number of H-pyrrole nitrogens is 1. The number of methoxy groups -OCH3 is 1. The molecule has 0 saturated heterocycles. The van der Waals surface area contributed by atoms with Crippen LogP contribution in [0.25, 0.3) is 28.0 Å². The van der Waals surface area contributed by atoms with E-state index in [0.717, 1.165) is 19.1 Å². The number of carbonyl (C=O) groups is 1. The van der Waals surface area contributed by atoms with Crippen LogP contribution < -0.4 is 16.2 Å². The number of halogens is 1. The van der Waals surface area contributed by atoms with E-state index in [4.69, 9.17) is 21.2 Å². The molecule has 6 rings (SSSR count). The lowest BCUT2D eigenvalue weighted by Crippen LogP contribution is -2.38. The van der Waals surface area contributed by atoms with Gasteiger partial charge in [0.15, 0.2) is 27.1 Å². The molecule has 4 aromatic heterocycles. The largest absolute Gasteiger partial charge is 0.494 e. The van der Waals surface area contributed by atoms with Gasteiger partial charge in [0.25, 0.3) is 5.91 Å². The summed E-state index contributed by atoms with van der Waals surface area (Å²) in [4.78, 5) is 28.1. The molecule has 5 aromatic rings. The second-order valence-electron chi connectivity index (χ2n) is 11.4. The zero-order chi connectivity index (χ0) is 32.7. The number of amides is 1. The molecule has 1 aliphatic carbocycles. The number of aromatic amines is 1. The van der Waals surface area contributed by atoms with Crippen molar-refractivity contribution in [1.82, 2.24) is 39.7 Å². The van der Waals surface area contributed by atoms with Gasteiger partial charge in [-0.2, -0.15) is 14.6 Å². The molecule has 2 atom stereocenters. The van der Waals surface area contributed by atoms with E-state index in [1.54, 1.807) is 36.5 Å². The molecule has 5 N–H and O–H groups in total. The maximum Gasteiger partial charge on any atom is 0.291 e. The number of ether oxygens (including phenoxy) is 1. The van der Waals surface area contributed by atoms with Crippen LogP contribution in [0.1, 0.15) is 54.3 Å². The van der Waals surface area contributed by atoms with Crippen LogP contribution in [0.4, 0.5) is 16.2 Å². The van der Waals surface area contributed by atoms with Crippen molar-refractivity contribution in [2.75, 3.05) is 31.9 Å². The monoisotopic (exact) mass is 648 g/mol. The van der Waals surface area contributed by atoms with Crippen molar-refractivity contribution in [2.24, 2.45) is 0 Å². The maximum absolute atomic E-state index is 14.3. The molecular weight excluding hydrogens is 615 g/mol. The predicted octanol–water partition coefficient (Wildman–Crippen LogP) is 3.48. The van der Waals surface area contributed by atoms with Crippen LogP contribution in [0.15, 0.2) is 47.6 Å². The fourth-order valence-electron chi connectivity index (χ4n) is 6.07. The van der Waals surface area contributed by atoms with Gasteiger partial charge < -0.3 is 21.1 Å². The zero-order valence-corrected chi connectivity index (χ0v) is 26.3. The molecule has 1 aromatic carbocycles. The topological polar surface area (TPSA) is 200 Å². The van der Waals surface area contributed by atoms with Gasteiger partial charge in [-0.05, 0) is 43.5 Å². The number of nitrogens with two attached hydrogens (primary N) is 2. The standard InChI is InChI=1S/C30H33FN10O4S/c1-40(29(42)27-37-30(33)39-38-27)19-7-5-4-6-17(12-19)24-25(46(3,43)44)26(32)41-28(36-24)20(15-35-41)18-8-10-22(34-14-18)16-9-11-23(45-2)21(31)13-16/h8-11,13-15,17,19H,4-7,12,32H2,1-3H3,(H3,33,37,38,39)/t17-,19+/m0/s1. The van der Waals surface area contributed by atoms with Gasteiger partial charge in [0, 0.05) is 48.2 Å². The number of nitrogens with zero attached hydrogens (tertiary/aromatic N) is 7. The Morgan fingerprint density at radius 3 is 2.52 bits per heavy atom. The molecule has 1 saturated carbocycles. The third-order valence-electron chi connectivity index (χ3n) is 8.41. The predicted molar refractivity (Wildman–Crippen MR) is 168 cm³/mol. The number of pyridine rings is 1. The molecule has 1 amide bonds. The van der Waals surface area contributed by atoms with Crippen molar-refractivity contribution in [3.05, 3.63) is 60.1 Å². The first-order valence-corrected chi connectivity index (χ1v) is 16.5. The lowest BCUT2D eigenvalue weighted by atomic mass is 9.93. The summed E-state index contributed by atoms with van der Waals surface area (Å²) in [6.07, 6.45) is 7.73. The Bertz CT molecular complexity index is 2040. The van der Waals surface area contributed by atoms with Crippen molar-refractivity contribution in [3.8, 4) is 28.1 Å². The van der Waals surface area contributed by atoms with Crippen LogP contribution in [0.3, 0.4) is 0 Å². The summed E-state index contributed by atoms with van der Waals surface area (Å²) in [5, 5.41) is 10.7. The molecule has 16 heteroatoms. The van der Waals surface area contributed by atoms with E-state index in [9.17, 15) is 17.6 Å². The van der Waals surface area contributed by atoms with E-state index in [2.05, 4.69) is 25.3 Å². The zero-order valence-electron chi connectivity index (χ0n) is 25.4. The molecule has 0 radical (unpaired) electrons. The number of nitrogens with one attached hydrogen (secondary N) is 1. The van der Waals surface area contributed by atoms with E-state index in [1.807, 2.05) is 6.07 Å². The Hall–Kier alpha value is -5.12. The van der Waals surface area contributed by atoms with Crippen molar-refractivity contribution in [1.29, 1.82) is 0 Å². The summed E-state index contributed by atoms with van der Waals surface area (Å²) in [7, 11) is -0.746. The molecule has 46 heavy (non-hydrogen) atoms. The summed E-state index contributed by atoms with van der Waals surface area (Å²) in [6.45, 7) is 0. The molecular formula is C30H33FN10O4S.